The average Bonchev–Trinajstić information content (AvgIpc) is 2.87. The smallest absolute Gasteiger partial charge is 0.242 e. The van der Waals surface area contributed by atoms with Crippen LogP contribution in [0.3, 0.4) is 0 Å². The van der Waals surface area contributed by atoms with Gasteiger partial charge in [-0.15, -0.1) is 0 Å². The molecule has 0 saturated carbocycles. The molecular weight excluding hydrogens is 292 g/mol. The fourth-order valence-corrected chi connectivity index (χ4v) is 3.41. The van der Waals surface area contributed by atoms with Gasteiger partial charge in [-0.2, -0.15) is 0 Å². The van der Waals surface area contributed by atoms with E-state index < -0.39 is 10.0 Å². The van der Waals surface area contributed by atoms with Crippen molar-refractivity contribution in [1.29, 1.82) is 0 Å². The first-order valence-electron chi connectivity index (χ1n) is 7.25. The number of aliphatic hydroxyl groups is 1. The van der Waals surface area contributed by atoms with Gasteiger partial charge in [0, 0.05) is 31.1 Å². The number of hydrogen-bond acceptors (Lipinski definition) is 4. The molecule has 0 aliphatic heterocycles. The first-order valence-corrected chi connectivity index (χ1v) is 8.74. The van der Waals surface area contributed by atoms with Crippen LogP contribution in [0.2, 0.25) is 0 Å². The minimum Gasteiger partial charge on any atom is -0.390 e. The topological polar surface area (TPSA) is 80.6 Å². The Kier molecular flexibility index (Phi) is 6.86. The number of aromatic nitrogens is 1. The van der Waals surface area contributed by atoms with Crippen LogP contribution in [0, 0.1) is 5.92 Å². The van der Waals surface area contributed by atoms with Crippen LogP contribution in [0.1, 0.15) is 33.4 Å². The Labute approximate surface area is 127 Å². The third-order valence-electron chi connectivity index (χ3n) is 3.39. The molecule has 0 aromatic carbocycles. The predicted molar refractivity (Wildman–Crippen MR) is 81.5 cm³/mol. The largest absolute Gasteiger partial charge is 0.390 e. The second-order valence-electron chi connectivity index (χ2n) is 5.24. The maximum atomic E-state index is 12.4. The summed E-state index contributed by atoms with van der Waals surface area (Å²) in [5, 5.41) is 9.26. The number of aryl methyl sites for hydroxylation is 1. The molecule has 0 aliphatic rings. The zero-order valence-corrected chi connectivity index (χ0v) is 14.0. The van der Waals surface area contributed by atoms with E-state index >= 15 is 0 Å². The standard InChI is InChI=1S/C14H26N2O4S/c1-5-16-8-13(7-12(16)9-17)21(18,19)15-14(11(3)4)10-20-6-2/h7-8,11,14-15,17H,5-6,9-10H2,1-4H3. The molecule has 7 heteroatoms. The Morgan fingerprint density at radius 3 is 2.48 bits per heavy atom. The summed E-state index contributed by atoms with van der Waals surface area (Å²) in [6.07, 6.45) is 1.55. The van der Waals surface area contributed by atoms with Crippen molar-refractivity contribution in [3.63, 3.8) is 0 Å². The summed E-state index contributed by atoms with van der Waals surface area (Å²) >= 11 is 0. The van der Waals surface area contributed by atoms with Crippen molar-refractivity contribution in [2.45, 2.75) is 51.8 Å². The SMILES string of the molecule is CCOCC(NS(=O)(=O)c1cc(CO)n(CC)c1)C(C)C. The van der Waals surface area contributed by atoms with Gasteiger partial charge in [0.15, 0.2) is 0 Å². The molecule has 0 fully saturated rings. The van der Waals surface area contributed by atoms with Gasteiger partial charge in [0.05, 0.1) is 18.1 Å². The zero-order chi connectivity index (χ0) is 16.0. The van der Waals surface area contributed by atoms with Gasteiger partial charge in [0.2, 0.25) is 10.0 Å². The number of ether oxygens (including phenoxy) is 1. The van der Waals surface area contributed by atoms with E-state index in [2.05, 4.69) is 4.72 Å². The van der Waals surface area contributed by atoms with Crippen molar-refractivity contribution >= 4 is 10.0 Å². The highest BCUT2D eigenvalue weighted by molar-refractivity contribution is 7.89. The molecule has 1 aromatic rings. The van der Waals surface area contributed by atoms with E-state index in [1.165, 1.54) is 6.07 Å². The molecular formula is C14H26N2O4S. The minimum atomic E-state index is -3.62. The highest BCUT2D eigenvalue weighted by Crippen LogP contribution is 2.16. The van der Waals surface area contributed by atoms with Crippen molar-refractivity contribution in [3.8, 4) is 0 Å². The van der Waals surface area contributed by atoms with E-state index in [1.807, 2.05) is 27.7 Å². The monoisotopic (exact) mass is 318 g/mol. The Bertz CT molecular complexity index is 516. The van der Waals surface area contributed by atoms with E-state index in [-0.39, 0.29) is 23.5 Å². The Hall–Kier alpha value is -0.890. The molecule has 2 N–H and O–H groups in total. The maximum Gasteiger partial charge on any atom is 0.242 e. The van der Waals surface area contributed by atoms with Gasteiger partial charge in [-0.3, -0.25) is 0 Å². The molecule has 6 nitrogen and oxygen atoms in total. The van der Waals surface area contributed by atoms with Gasteiger partial charge in [0.25, 0.3) is 0 Å². The number of sulfonamides is 1. The van der Waals surface area contributed by atoms with Crippen LogP contribution in [0.5, 0.6) is 0 Å². The van der Waals surface area contributed by atoms with Crippen LogP contribution in [0.4, 0.5) is 0 Å². The molecule has 21 heavy (non-hydrogen) atoms. The van der Waals surface area contributed by atoms with Gasteiger partial charge in [-0.1, -0.05) is 13.8 Å². The molecule has 0 radical (unpaired) electrons. The van der Waals surface area contributed by atoms with Gasteiger partial charge < -0.3 is 14.4 Å². The van der Waals surface area contributed by atoms with E-state index in [0.29, 0.717) is 25.5 Å². The lowest BCUT2D eigenvalue weighted by molar-refractivity contribution is 0.116. The molecule has 0 saturated heterocycles. The van der Waals surface area contributed by atoms with Crippen LogP contribution in [0.25, 0.3) is 0 Å². The van der Waals surface area contributed by atoms with Crippen molar-refractivity contribution in [2.24, 2.45) is 5.92 Å². The van der Waals surface area contributed by atoms with Crippen LogP contribution >= 0.6 is 0 Å². The number of nitrogens with zero attached hydrogens (tertiary/aromatic N) is 1. The molecule has 1 heterocycles. The van der Waals surface area contributed by atoms with Gasteiger partial charge >= 0.3 is 0 Å². The molecule has 0 amide bonds. The summed E-state index contributed by atoms with van der Waals surface area (Å²) in [6.45, 7) is 8.98. The fraction of sp³-hybridized carbons (Fsp3) is 0.714. The molecule has 1 aromatic heterocycles. The van der Waals surface area contributed by atoms with Crippen molar-refractivity contribution < 1.29 is 18.3 Å². The first kappa shape index (κ1) is 18.2. The van der Waals surface area contributed by atoms with E-state index in [0.717, 1.165) is 0 Å². The van der Waals surface area contributed by atoms with Crippen LogP contribution < -0.4 is 4.72 Å². The van der Waals surface area contributed by atoms with Gasteiger partial charge in [-0.05, 0) is 25.8 Å². The number of aliphatic hydroxyl groups excluding tert-OH is 1. The van der Waals surface area contributed by atoms with E-state index in [4.69, 9.17) is 4.74 Å². The quantitative estimate of drug-likeness (QED) is 0.720. The zero-order valence-electron chi connectivity index (χ0n) is 13.2. The third kappa shape index (κ3) is 4.81. The molecule has 122 valence electrons. The number of rotatable bonds is 9. The lowest BCUT2D eigenvalue weighted by Crippen LogP contribution is -2.41. The lowest BCUT2D eigenvalue weighted by atomic mass is 10.1. The van der Waals surface area contributed by atoms with E-state index in [9.17, 15) is 13.5 Å². The summed E-state index contributed by atoms with van der Waals surface area (Å²) in [7, 11) is -3.62. The molecule has 0 spiro atoms. The summed E-state index contributed by atoms with van der Waals surface area (Å²) < 4.78 is 34.6. The second-order valence-corrected chi connectivity index (χ2v) is 6.96. The van der Waals surface area contributed by atoms with Crippen LogP contribution in [0.15, 0.2) is 17.2 Å². The number of nitrogens with one attached hydrogen (secondary N) is 1. The highest BCUT2D eigenvalue weighted by atomic mass is 32.2. The molecule has 1 atom stereocenters. The summed E-state index contributed by atoms with van der Waals surface area (Å²) in [5.41, 5.74) is 0.587. The lowest BCUT2D eigenvalue weighted by Gasteiger charge is -2.21. The normalized spacial score (nSPS) is 13.8. The second kappa shape index (κ2) is 7.93. The van der Waals surface area contributed by atoms with Crippen LogP contribution in [-0.2, 0) is 27.9 Å². The third-order valence-corrected chi connectivity index (χ3v) is 4.84. The summed E-state index contributed by atoms with van der Waals surface area (Å²) in [6, 6.07) is 1.22. The highest BCUT2D eigenvalue weighted by Gasteiger charge is 2.24. The van der Waals surface area contributed by atoms with Gasteiger partial charge in [0.1, 0.15) is 0 Å². The Morgan fingerprint density at radius 1 is 1.38 bits per heavy atom. The van der Waals surface area contributed by atoms with Crippen LogP contribution in [-0.4, -0.2) is 37.3 Å². The minimum absolute atomic E-state index is 0.122. The molecule has 1 unspecified atom stereocenters. The van der Waals surface area contributed by atoms with Crippen molar-refractivity contribution in [1.82, 2.24) is 9.29 Å². The molecule has 1 rings (SSSR count). The average molecular weight is 318 g/mol. The van der Waals surface area contributed by atoms with Gasteiger partial charge in [-0.25, -0.2) is 13.1 Å². The first-order chi connectivity index (χ1) is 9.85. The summed E-state index contributed by atoms with van der Waals surface area (Å²) in [4.78, 5) is 0.176. The van der Waals surface area contributed by atoms with Crippen molar-refractivity contribution in [2.75, 3.05) is 13.2 Å². The molecule has 0 bridgehead atoms. The predicted octanol–water partition coefficient (Wildman–Crippen LogP) is 1.34. The summed E-state index contributed by atoms with van der Waals surface area (Å²) in [5.74, 6) is 0.122. The Balaban J connectivity index is 2.96. The fourth-order valence-electron chi connectivity index (χ4n) is 1.97. The Morgan fingerprint density at radius 2 is 2.05 bits per heavy atom. The van der Waals surface area contributed by atoms with Crippen molar-refractivity contribution in [3.05, 3.63) is 18.0 Å². The maximum absolute atomic E-state index is 12.4. The van der Waals surface area contributed by atoms with E-state index in [1.54, 1.807) is 10.8 Å². The number of hydrogen-bond donors (Lipinski definition) is 2. The molecule has 0 aliphatic carbocycles.